The fourth-order valence-electron chi connectivity index (χ4n) is 8.69. The molecule has 3 saturated carbocycles. The molecule has 5 aliphatic rings. The van der Waals surface area contributed by atoms with Crippen LogP contribution in [0.15, 0.2) is 24.8 Å². The molecule has 5 rings (SSSR count). The Labute approximate surface area is 307 Å². The second-order valence-corrected chi connectivity index (χ2v) is 17.3. The fraction of sp³-hybridized carbons (Fsp3) is 0.718. The van der Waals surface area contributed by atoms with Crippen LogP contribution in [0.2, 0.25) is 0 Å². The summed E-state index contributed by atoms with van der Waals surface area (Å²) < 4.78 is 0. The van der Waals surface area contributed by atoms with Crippen LogP contribution in [0.3, 0.4) is 0 Å². The van der Waals surface area contributed by atoms with Gasteiger partial charge in [0.05, 0.1) is 18.6 Å². The van der Waals surface area contributed by atoms with Crippen LogP contribution in [-0.2, 0) is 28.8 Å². The molecule has 4 N–H and O–H groups in total. The standard InChI is InChI=1S/C39H58N6O7/c1-8-16-40-35(50)33(48)26(17-23-14-15-23)41-34(49)32-30-25(39(30,6)7)20-45(32)36(51)31(24-12-10-9-11-13-24)43-37(52)42-27(22(2)3)21-44-28(46)18-38(4,5)19-29(44)47/h8,23-27,30-32H,1-2,9-21H2,3-7H3,(H,40,50)(H,41,49)(H2,42,43,52)/t25-,26?,27+,30-,31-,32-/m0/s1. The predicted octanol–water partition coefficient (Wildman–Crippen LogP) is 2.99. The fourth-order valence-corrected chi connectivity index (χ4v) is 8.69. The number of nitrogens with zero attached hydrogens (tertiary/aromatic N) is 2. The third kappa shape index (κ3) is 8.77. The number of ketones is 1. The largest absolute Gasteiger partial charge is 0.346 e. The SMILES string of the molecule is C=CCNC(=O)C(=O)C(CC1CC1)NC(=O)[C@@H]1[C@@H]2[C@H](CN1C(=O)[C@@H](NC(=O)N[C@H](CN1C(=O)CC(C)(C)CC1=O)C(=C)C)C1CCCCC1)C2(C)C. The maximum atomic E-state index is 14.6. The Hall–Kier alpha value is -4.03. The number of piperidine rings is 2. The van der Waals surface area contributed by atoms with E-state index in [4.69, 9.17) is 0 Å². The van der Waals surface area contributed by atoms with E-state index in [1.165, 1.54) is 11.0 Å². The van der Waals surface area contributed by atoms with Crippen LogP contribution in [0, 0.1) is 34.5 Å². The quantitative estimate of drug-likeness (QED) is 0.114. The lowest BCUT2D eigenvalue weighted by atomic mass is 9.81. The van der Waals surface area contributed by atoms with E-state index in [1.807, 2.05) is 13.8 Å². The Bertz CT molecular complexity index is 1480. The maximum Gasteiger partial charge on any atom is 0.315 e. The lowest BCUT2D eigenvalue weighted by Gasteiger charge is -2.38. The number of Topliss-reactive ketones (excluding diaryl/α,β-unsaturated/α-hetero) is 1. The number of imide groups is 1. The van der Waals surface area contributed by atoms with Crippen molar-refractivity contribution in [1.29, 1.82) is 0 Å². The van der Waals surface area contributed by atoms with Gasteiger partial charge in [-0.05, 0) is 60.7 Å². The number of likely N-dealkylation sites (tertiary alicyclic amines) is 2. The monoisotopic (exact) mass is 722 g/mol. The maximum absolute atomic E-state index is 14.6. The van der Waals surface area contributed by atoms with E-state index >= 15 is 0 Å². The molecule has 6 atom stereocenters. The average Bonchev–Trinajstić information content (AvgIpc) is 3.93. The Balaban J connectivity index is 1.33. The molecule has 13 heteroatoms. The zero-order valence-corrected chi connectivity index (χ0v) is 31.6. The second-order valence-electron chi connectivity index (χ2n) is 17.3. The minimum atomic E-state index is -1.01. The minimum Gasteiger partial charge on any atom is -0.346 e. The zero-order valence-electron chi connectivity index (χ0n) is 31.6. The highest BCUT2D eigenvalue weighted by atomic mass is 16.2. The zero-order chi connectivity index (χ0) is 38.1. The van der Waals surface area contributed by atoms with Crippen molar-refractivity contribution in [2.24, 2.45) is 34.5 Å². The highest BCUT2D eigenvalue weighted by Gasteiger charge is 2.70. The highest BCUT2D eigenvalue weighted by Crippen LogP contribution is 2.65. The normalized spacial score (nSPS) is 26.7. The van der Waals surface area contributed by atoms with Crippen LogP contribution in [-0.4, -0.2) is 95.0 Å². The summed E-state index contributed by atoms with van der Waals surface area (Å²) in [5.74, 6) is -2.91. The van der Waals surface area contributed by atoms with Gasteiger partial charge < -0.3 is 26.2 Å². The number of rotatable bonds is 15. The first kappa shape index (κ1) is 39.2. The van der Waals surface area contributed by atoms with Crippen LogP contribution in [0.5, 0.6) is 0 Å². The molecule has 7 amide bonds. The van der Waals surface area contributed by atoms with Crippen molar-refractivity contribution in [3.05, 3.63) is 24.8 Å². The number of urea groups is 1. The highest BCUT2D eigenvalue weighted by molar-refractivity contribution is 6.38. The molecule has 0 bridgehead atoms. The predicted molar refractivity (Wildman–Crippen MR) is 194 cm³/mol. The van der Waals surface area contributed by atoms with E-state index < -0.39 is 53.2 Å². The molecule has 0 spiro atoms. The van der Waals surface area contributed by atoms with Gasteiger partial charge in [0.15, 0.2) is 0 Å². The first-order chi connectivity index (χ1) is 24.4. The van der Waals surface area contributed by atoms with Gasteiger partial charge in [0, 0.05) is 25.9 Å². The van der Waals surface area contributed by atoms with Crippen molar-refractivity contribution in [2.45, 2.75) is 123 Å². The number of nitrogens with one attached hydrogen (secondary N) is 4. The van der Waals surface area contributed by atoms with Gasteiger partial charge in [-0.15, -0.1) is 6.58 Å². The molecule has 2 heterocycles. The minimum absolute atomic E-state index is 0.0578. The van der Waals surface area contributed by atoms with Gasteiger partial charge in [0.25, 0.3) is 5.91 Å². The van der Waals surface area contributed by atoms with Crippen LogP contribution in [0.25, 0.3) is 0 Å². The lowest BCUT2D eigenvalue weighted by Crippen LogP contribution is -2.61. The summed E-state index contributed by atoms with van der Waals surface area (Å²) in [7, 11) is 0. The molecule has 0 radical (unpaired) electrons. The van der Waals surface area contributed by atoms with Gasteiger partial charge in [-0.3, -0.25) is 33.7 Å². The molecule has 1 unspecified atom stereocenters. The van der Waals surface area contributed by atoms with Crippen molar-refractivity contribution >= 4 is 41.4 Å². The van der Waals surface area contributed by atoms with Crippen LogP contribution in [0.4, 0.5) is 4.79 Å². The molecule has 13 nitrogen and oxygen atoms in total. The summed E-state index contributed by atoms with van der Waals surface area (Å²) in [5.41, 5.74) is -0.0855. The molecule has 3 aliphatic carbocycles. The summed E-state index contributed by atoms with van der Waals surface area (Å²) in [6, 6.07) is -4.16. The van der Waals surface area contributed by atoms with E-state index in [2.05, 4.69) is 48.3 Å². The van der Waals surface area contributed by atoms with Gasteiger partial charge in [0.1, 0.15) is 12.1 Å². The Morgan fingerprint density at radius 2 is 1.54 bits per heavy atom. The van der Waals surface area contributed by atoms with Crippen molar-refractivity contribution < 1.29 is 33.6 Å². The van der Waals surface area contributed by atoms with Crippen LogP contribution in [0.1, 0.15) is 98.8 Å². The summed E-state index contributed by atoms with van der Waals surface area (Å²) >= 11 is 0. The Morgan fingerprint density at radius 3 is 2.12 bits per heavy atom. The molecule has 0 aromatic carbocycles. The number of fused-ring (bicyclic) bond motifs is 1. The number of carbonyl (C=O) groups excluding carboxylic acids is 7. The molecule has 52 heavy (non-hydrogen) atoms. The number of amides is 7. The van der Waals surface area contributed by atoms with Gasteiger partial charge in [-0.1, -0.05) is 78.0 Å². The number of hydrogen-bond donors (Lipinski definition) is 4. The summed E-state index contributed by atoms with van der Waals surface area (Å²) in [6.07, 6.45) is 8.41. The van der Waals surface area contributed by atoms with Gasteiger partial charge >= 0.3 is 6.03 Å². The summed E-state index contributed by atoms with van der Waals surface area (Å²) in [6.45, 7) is 17.6. The van der Waals surface area contributed by atoms with E-state index in [-0.39, 0.29) is 72.7 Å². The van der Waals surface area contributed by atoms with Crippen molar-refractivity contribution in [3.63, 3.8) is 0 Å². The first-order valence-electron chi connectivity index (χ1n) is 19.0. The van der Waals surface area contributed by atoms with E-state index in [9.17, 15) is 33.6 Å². The second kappa shape index (κ2) is 15.5. The summed E-state index contributed by atoms with van der Waals surface area (Å²) in [4.78, 5) is 97.0. The van der Waals surface area contributed by atoms with Crippen LogP contribution < -0.4 is 21.3 Å². The van der Waals surface area contributed by atoms with E-state index in [0.717, 1.165) is 44.9 Å². The molecule has 2 saturated heterocycles. The van der Waals surface area contributed by atoms with Gasteiger partial charge in [-0.25, -0.2) is 4.79 Å². The smallest absolute Gasteiger partial charge is 0.315 e. The first-order valence-corrected chi connectivity index (χ1v) is 19.0. The van der Waals surface area contributed by atoms with Gasteiger partial charge in [-0.2, -0.15) is 0 Å². The third-order valence-corrected chi connectivity index (χ3v) is 12.1. The summed E-state index contributed by atoms with van der Waals surface area (Å²) in [5, 5.41) is 11.2. The van der Waals surface area contributed by atoms with Gasteiger partial charge in [0.2, 0.25) is 29.4 Å². The van der Waals surface area contributed by atoms with Crippen LogP contribution >= 0.6 is 0 Å². The molecule has 0 aromatic heterocycles. The molecule has 286 valence electrons. The molecule has 5 fully saturated rings. The molecule has 0 aromatic rings. The van der Waals surface area contributed by atoms with E-state index in [1.54, 1.807) is 11.8 Å². The third-order valence-electron chi connectivity index (χ3n) is 12.1. The van der Waals surface area contributed by atoms with E-state index in [0.29, 0.717) is 18.5 Å². The Kier molecular flexibility index (Phi) is 11.7. The van der Waals surface area contributed by atoms with Crippen molar-refractivity contribution in [3.8, 4) is 0 Å². The molecular formula is C39H58N6O7. The molecule has 2 aliphatic heterocycles. The topological polar surface area (TPSA) is 174 Å². The number of carbonyl (C=O) groups is 7. The Morgan fingerprint density at radius 1 is 0.904 bits per heavy atom. The van der Waals surface area contributed by atoms with Crippen molar-refractivity contribution in [2.75, 3.05) is 19.6 Å². The average molecular weight is 723 g/mol. The number of hydrogen-bond acceptors (Lipinski definition) is 7. The lowest BCUT2D eigenvalue weighted by molar-refractivity contribution is -0.152. The van der Waals surface area contributed by atoms with Crippen molar-refractivity contribution in [1.82, 2.24) is 31.1 Å². The molecular weight excluding hydrogens is 664 g/mol.